The number of benzene rings is 1. The Morgan fingerprint density at radius 3 is 2.69 bits per heavy atom. The van der Waals surface area contributed by atoms with Gasteiger partial charge in [0.2, 0.25) is 5.91 Å². The molecule has 3 N–H and O–H groups in total. The van der Waals surface area contributed by atoms with Gasteiger partial charge in [0.15, 0.2) is 5.57 Å². The number of alkyl halides is 1. The molecule has 0 unspecified atom stereocenters. The Kier molecular flexibility index (Phi) is 10.7. The van der Waals surface area contributed by atoms with E-state index in [9.17, 15) is 24.0 Å². The zero-order chi connectivity index (χ0) is 25.8. The monoisotopic (exact) mass is 498 g/mol. The van der Waals surface area contributed by atoms with Gasteiger partial charge in [-0.3, -0.25) is 23.9 Å². The van der Waals surface area contributed by atoms with E-state index in [1.807, 2.05) is 18.9 Å². The van der Waals surface area contributed by atoms with Gasteiger partial charge in [0, 0.05) is 30.7 Å². The number of carbonyl (C=O) groups excluding carboxylic acids is 2. The van der Waals surface area contributed by atoms with E-state index in [1.54, 1.807) is 37.3 Å². The van der Waals surface area contributed by atoms with Crippen molar-refractivity contribution in [3.05, 3.63) is 55.6 Å². The van der Waals surface area contributed by atoms with Gasteiger partial charge in [-0.05, 0) is 38.7 Å². The number of nitriles is 1. The van der Waals surface area contributed by atoms with Crippen LogP contribution in [-0.2, 0) is 16.1 Å². The Morgan fingerprint density at radius 1 is 1.29 bits per heavy atom. The summed E-state index contributed by atoms with van der Waals surface area (Å²) in [5.41, 5.74) is 6.14. The van der Waals surface area contributed by atoms with E-state index in [0.717, 1.165) is 17.9 Å². The molecule has 184 valence electrons. The number of hydrogen-bond acceptors (Lipinski definition) is 7. The highest BCUT2D eigenvalue weighted by Gasteiger charge is 2.09. The highest BCUT2D eigenvalue weighted by Crippen LogP contribution is 2.14. The largest absolute Gasteiger partial charge is 0.355 e. The van der Waals surface area contributed by atoms with Crippen LogP contribution in [0.25, 0.3) is 11.5 Å². The Hall–Kier alpha value is -3.93. The van der Waals surface area contributed by atoms with Crippen molar-refractivity contribution >= 4 is 46.0 Å². The normalized spacial score (nSPS) is 10.1. The van der Waals surface area contributed by atoms with Gasteiger partial charge in [-0.25, -0.2) is 4.39 Å². The summed E-state index contributed by atoms with van der Waals surface area (Å²) in [5, 5.41) is 17.4. The van der Waals surface area contributed by atoms with Crippen LogP contribution in [0.3, 0.4) is 0 Å². The van der Waals surface area contributed by atoms with Gasteiger partial charge < -0.3 is 16.0 Å². The molecule has 9 nitrogen and oxygen atoms in total. The highest BCUT2D eigenvalue weighted by atomic mass is 32.1. The van der Waals surface area contributed by atoms with Crippen molar-refractivity contribution in [2.45, 2.75) is 20.4 Å². The summed E-state index contributed by atoms with van der Waals surface area (Å²) >= 11 is 1.02. The zero-order valence-electron chi connectivity index (χ0n) is 19.8. The first-order valence-corrected chi connectivity index (χ1v) is 11.7. The van der Waals surface area contributed by atoms with Crippen LogP contribution >= 0.6 is 11.3 Å². The fourth-order valence-electron chi connectivity index (χ4n) is 2.80. The smallest absolute Gasteiger partial charge is 0.277 e. The average Bonchev–Trinajstić information content (AvgIpc) is 3.14. The fourth-order valence-corrected chi connectivity index (χ4v) is 3.79. The average molecular weight is 499 g/mol. The second-order valence-corrected chi connectivity index (χ2v) is 8.23. The minimum absolute atomic E-state index is 0.126. The van der Waals surface area contributed by atoms with E-state index in [1.165, 1.54) is 10.8 Å². The summed E-state index contributed by atoms with van der Waals surface area (Å²) in [7, 11) is 1.86. The van der Waals surface area contributed by atoms with Crippen LogP contribution in [0.2, 0.25) is 0 Å². The number of rotatable bonds is 10. The number of likely N-dealkylation sites (N-methyl/N-ethyl adjacent to an activating group) is 1. The van der Waals surface area contributed by atoms with E-state index in [2.05, 4.69) is 27.4 Å². The molecule has 0 atom stereocenters. The molecule has 1 heterocycles. The Labute approximate surface area is 206 Å². The van der Waals surface area contributed by atoms with Crippen LogP contribution < -0.4 is 30.7 Å². The minimum atomic E-state index is -0.760. The van der Waals surface area contributed by atoms with Gasteiger partial charge in [-0.1, -0.05) is 35.8 Å². The summed E-state index contributed by atoms with van der Waals surface area (Å²) in [4.78, 5) is 38.6. The molecule has 0 fully saturated rings. The predicted octanol–water partition coefficient (Wildman–Crippen LogP) is 0.740. The number of amides is 2. The van der Waals surface area contributed by atoms with Crippen LogP contribution in [0.4, 0.5) is 15.8 Å². The van der Waals surface area contributed by atoms with Crippen LogP contribution in [0.5, 0.6) is 0 Å². The van der Waals surface area contributed by atoms with Crippen molar-refractivity contribution in [2.24, 2.45) is 0 Å². The maximum Gasteiger partial charge on any atom is 0.277 e. The third-order valence-corrected chi connectivity index (χ3v) is 5.70. The molecule has 11 heteroatoms. The number of anilines is 2. The Bertz CT molecular complexity index is 1360. The van der Waals surface area contributed by atoms with E-state index < -0.39 is 12.6 Å². The molecule has 0 aliphatic heterocycles. The maximum atomic E-state index is 12.7. The molecule has 0 aliphatic carbocycles. The molecular formula is C24H27FN6O3S. The molecule has 0 radical (unpaired) electrons. The second kappa shape index (κ2) is 13.7. The van der Waals surface area contributed by atoms with Crippen molar-refractivity contribution in [1.29, 1.82) is 5.26 Å². The van der Waals surface area contributed by atoms with Crippen LogP contribution in [0.15, 0.2) is 40.8 Å². The van der Waals surface area contributed by atoms with Crippen molar-refractivity contribution in [3.8, 4) is 6.07 Å². The molecule has 2 aromatic rings. The molecule has 0 saturated heterocycles. The fraction of sp³-hybridized carbons (Fsp3) is 0.333. The van der Waals surface area contributed by atoms with E-state index in [4.69, 9.17) is 0 Å². The molecule has 1 aromatic carbocycles. The van der Waals surface area contributed by atoms with Crippen LogP contribution in [0, 0.1) is 11.3 Å². The zero-order valence-corrected chi connectivity index (χ0v) is 20.6. The van der Waals surface area contributed by atoms with E-state index >= 15 is 0 Å². The lowest BCUT2D eigenvalue weighted by Gasteiger charge is -2.13. The Morgan fingerprint density at radius 2 is 2.03 bits per heavy atom. The Balaban J connectivity index is 2.34. The first-order valence-electron chi connectivity index (χ1n) is 10.9. The third-order valence-electron chi connectivity index (χ3n) is 4.69. The molecule has 1 aromatic heterocycles. The van der Waals surface area contributed by atoms with Gasteiger partial charge in [-0.2, -0.15) is 5.26 Å². The quantitative estimate of drug-likeness (QED) is 0.328. The molecule has 0 bridgehead atoms. The first kappa shape index (κ1) is 27.3. The number of nitrogens with zero attached hydrogens (tertiary/aromatic N) is 3. The number of carbonyl (C=O) groups is 2. The van der Waals surface area contributed by atoms with Gasteiger partial charge in [0.1, 0.15) is 21.9 Å². The number of nitrogens with one attached hydrogen (secondary N) is 3. The summed E-state index contributed by atoms with van der Waals surface area (Å²) in [6.45, 7) is 4.08. The van der Waals surface area contributed by atoms with Gasteiger partial charge >= 0.3 is 0 Å². The maximum absolute atomic E-state index is 12.7. The van der Waals surface area contributed by atoms with Crippen molar-refractivity contribution in [2.75, 3.05) is 44.0 Å². The van der Waals surface area contributed by atoms with Gasteiger partial charge in [0.05, 0.1) is 6.54 Å². The SMILES string of the molecule is CCN(C)CC(=O)Nc1cccc(NC=C=c2sc(=C=C(C#N)C(=O)NCCF)n(CC)c2=O)c1. The molecule has 2 amide bonds. The summed E-state index contributed by atoms with van der Waals surface area (Å²) in [6.07, 6.45) is 1.46. The summed E-state index contributed by atoms with van der Waals surface area (Å²) in [6, 6.07) is 8.81. The molecule has 0 spiro atoms. The molecule has 0 saturated carbocycles. The number of thiazole rings is 1. The van der Waals surface area contributed by atoms with Crippen molar-refractivity contribution in [3.63, 3.8) is 0 Å². The number of halogens is 1. The first-order chi connectivity index (χ1) is 16.8. The lowest BCUT2D eigenvalue weighted by molar-refractivity contribution is -0.117. The van der Waals surface area contributed by atoms with Gasteiger partial charge in [0.25, 0.3) is 11.5 Å². The number of hydrogen-bond donors (Lipinski definition) is 3. The minimum Gasteiger partial charge on any atom is -0.355 e. The second-order valence-electron chi connectivity index (χ2n) is 7.23. The third kappa shape index (κ3) is 8.10. The standard InChI is InChI=1S/C24H27FN6O3S/c1-4-30(3)16-21(32)29-19-8-6-7-18(14-19)27-11-9-20-24(34)31(5-2)22(35-20)13-17(15-26)23(33)28-12-10-25/h6-8,11,14,27H,4-5,10,12,16H2,1-3H3,(H,28,33)(H,29,32). The molecule has 35 heavy (non-hydrogen) atoms. The predicted molar refractivity (Wildman–Crippen MR) is 135 cm³/mol. The highest BCUT2D eigenvalue weighted by molar-refractivity contribution is 7.07. The van der Waals surface area contributed by atoms with Crippen molar-refractivity contribution in [1.82, 2.24) is 14.8 Å². The van der Waals surface area contributed by atoms with Crippen LogP contribution in [-0.4, -0.2) is 54.6 Å². The summed E-state index contributed by atoms with van der Waals surface area (Å²) < 4.78 is 14.2. The molecule has 0 aliphatic rings. The lowest BCUT2D eigenvalue weighted by atomic mass is 10.2. The van der Waals surface area contributed by atoms with E-state index in [-0.39, 0.29) is 39.3 Å². The molecular weight excluding hydrogens is 471 g/mol. The van der Waals surface area contributed by atoms with Crippen molar-refractivity contribution < 1.29 is 14.0 Å². The van der Waals surface area contributed by atoms with Gasteiger partial charge in [-0.15, -0.1) is 0 Å². The number of aromatic nitrogens is 1. The lowest BCUT2D eigenvalue weighted by Crippen LogP contribution is -2.30. The van der Waals surface area contributed by atoms with Crippen LogP contribution in [0.1, 0.15) is 13.8 Å². The summed E-state index contributed by atoms with van der Waals surface area (Å²) in [5.74, 6) is -0.885. The topological polar surface area (TPSA) is 119 Å². The van der Waals surface area contributed by atoms with E-state index in [0.29, 0.717) is 17.9 Å². The molecule has 2 rings (SSSR count).